The maximum atomic E-state index is 14.9. The molecule has 2 aliphatic rings. The lowest BCUT2D eigenvalue weighted by molar-refractivity contribution is -0.146. The molecule has 2 fully saturated rings. The molecule has 0 bridgehead atoms. The third-order valence-electron chi connectivity index (χ3n) is 8.58. The van der Waals surface area contributed by atoms with Crippen LogP contribution in [0.15, 0.2) is 36.4 Å². The number of rotatable bonds is 5. The Bertz CT molecular complexity index is 1230. The zero-order chi connectivity index (χ0) is 28.7. The monoisotopic (exact) mass is 560 g/mol. The second-order valence-electron chi connectivity index (χ2n) is 12.4. The highest BCUT2D eigenvalue weighted by atomic mass is 35.5. The summed E-state index contributed by atoms with van der Waals surface area (Å²) in [7, 11) is 1.38. The Morgan fingerprint density at radius 3 is 2.18 bits per heavy atom. The van der Waals surface area contributed by atoms with Gasteiger partial charge in [-0.1, -0.05) is 23.7 Å². The molecule has 8 heteroatoms. The SMILES string of the molecule is COC(=O)C(C)(C)c1cc(Cl)ccc1C1CCN(C(=O)C2CN(C(C)(C)C)CC2c2ccc(F)cc2F)CC1. The van der Waals surface area contributed by atoms with Gasteiger partial charge in [0.1, 0.15) is 11.6 Å². The van der Waals surface area contributed by atoms with E-state index in [1.165, 1.54) is 19.2 Å². The van der Waals surface area contributed by atoms with Crippen LogP contribution in [0.2, 0.25) is 5.02 Å². The summed E-state index contributed by atoms with van der Waals surface area (Å²) in [6.45, 7) is 12.1. The Balaban J connectivity index is 1.54. The molecule has 0 N–H and O–H groups in total. The smallest absolute Gasteiger partial charge is 0.315 e. The third kappa shape index (κ3) is 5.99. The zero-order valence-electron chi connectivity index (χ0n) is 23.7. The first-order valence-electron chi connectivity index (χ1n) is 13.6. The molecule has 0 aromatic heterocycles. The zero-order valence-corrected chi connectivity index (χ0v) is 24.4. The van der Waals surface area contributed by atoms with Crippen LogP contribution in [-0.2, 0) is 19.7 Å². The van der Waals surface area contributed by atoms with Crippen molar-refractivity contribution in [3.8, 4) is 0 Å². The summed E-state index contributed by atoms with van der Waals surface area (Å²) in [5, 5.41) is 0.557. The van der Waals surface area contributed by atoms with E-state index in [4.69, 9.17) is 16.3 Å². The summed E-state index contributed by atoms with van der Waals surface area (Å²) in [6.07, 6.45) is 1.48. The van der Waals surface area contributed by atoms with Gasteiger partial charge in [-0.3, -0.25) is 14.5 Å². The number of hydrogen-bond acceptors (Lipinski definition) is 4. The molecule has 212 valence electrons. The minimum absolute atomic E-state index is 0.0140. The highest BCUT2D eigenvalue weighted by Gasteiger charge is 2.45. The topological polar surface area (TPSA) is 49.9 Å². The lowest BCUT2D eigenvalue weighted by Gasteiger charge is -2.37. The van der Waals surface area contributed by atoms with Crippen molar-refractivity contribution in [3.05, 3.63) is 69.7 Å². The Morgan fingerprint density at radius 2 is 1.59 bits per heavy atom. The average Bonchev–Trinajstić information content (AvgIpc) is 3.33. The molecule has 0 spiro atoms. The molecular formula is C31H39ClF2N2O3. The Morgan fingerprint density at radius 1 is 0.949 bits per heavy atom. The minimum atomic E-state index is -0.866. The number of ether oxygens (including phenoxy) is 1. The number of halogens is 3. The minimum Gasteiger partial charge on any atom is -0.468 e. The normalized spacial score (nSPS) is 21.3. The molecule has 0 aliphatic carbocycles. The molecule has 1 amide bonds. The molecule has 2 aliphatic heterocycles. The Kier molecular flexibility index (Phi) is 8.44. The molecular weight excluding hydrogens is 522 g/mol. The fourth-order valence-corrected chi connectivity index (χ4v) is 6.33. The van der Waals surface area contributed by atoms with E-state index in [1.54, 1.807) is 0 Å². The molecule has 0 saturated carbocycles. The van der Waals surface area contributed by atoms with Gasteiger partial charge >= 0.3 is 5.97 Å². The molecule has 4 rings (SSSR count). The standard InChI is InChI=1S/C31H39ClF2N2O3/c1-30(2,3)36-17-24(23-10-8-21(33)16-27(23)34)25(18-36)28(37)35-13-11-19(12-14-35)22-9-7-20(32)15-26(22)31(4,5)29(38)39-6/h7-10,15-16,19,24-25H,11-14,17-18H2,1-6H3. The highest BCUT2D eigenvalue weighted by molar-refractivity contribution is 6.30. The van der Waals surface area contributed by atoms with Crippen molar-refractivity contribution in [2.24, 2.45) is 5.92 Å². The van der Waals surface area contributed by atoms with Gasteiger partial charge < -0.3 is 9.64 Å². The first-order chi connectivity index (χ1) is 18.2. The van der Waals surface area contributed by atoms with E-state index in [0.29, 0.717) is 36.8 Å². The van der Waals surface area contributed by atoms with Gasteiger partial charge in [-0.15, -0.1) is 0 Å². The van der Waals surface area contributed by atoms with E-state index in [0.717, 1.165) is 30.0 Å². The van der Waals surface area contributed by atoms with Crippen LogP contribution >= 0.6 is 11.6 Å². The lowest BCUT2D eigenvalue weighted by Crippen LogP contribution is -2.44. The van der Waals surface area contributed by atoms with Crippen molar-refractivity contribution in [2.75, 3.05) is 33.3 Å². The largest absolute Gasteiger partial charge is 0.468 e. The Hall–Kier alpha value is -2.51. The number of esters is 1. The summed E-state index contributed by atoms with van der Waals surface area (Å²) >= 11 is 6.32. The third-order valence-corrected chi connectivity index (χ3v) is 8.81. The van der Waals surface area contributed by atoms with Crippen molar-refractivity contribution in [1.29, 1.82) is 0 Å². The predicted octanol–water partition coefficient (Wildman–Crippen LogP) is 6.29. The van der Waals surface area contributed by atoms with Crippen LogP contribution < -0.4 is 0 Å². The summed E-state index contributed by atoms with van der Waals surface area (Å²) in [5.74, 6) is -2.14. The summed E-state index contributed by atoms with van der Waals surface area (Å²) in [6, 6.07) is 9.32. The second kappa shape index (κ2) is 11.2. The van der Waals surface area contributed by atoms with Crippen molar-refractivity contribution in [1.82, 2.24) is 9.80 Å². The van der Waals surface area contributed by atoms with E-state index in [2.05, 4.69) is 25.7 Å². The van der Waals surface area contributed by atoms with Crippen LogP contribution in [0.5, 0.6) is 0 Å². The van der Waals surface area contributed by atoms with E-state index >= 15 is 0 Å². The molecule has 2 atom stereocenters. The van der Waals surface area contributed by atoms with Crippen LogP contribution in [-0.4, -0.2) is 60.5 Å². The van der Waals surface area contributed by atoms with Gasteiger partial charge in [0, 0.05) is 48.7 Å². The first kappa shape index (κ1) is 29.5. The predicted molar refractivity (Wildman–Crippen MR) is 149 cm³/mol. The molecule has 5 nitrogen and oxygen atoms in total. The van der Waals surface area contributed by atoms with Crippen LogP contribution in [0, 0.1) is 17.6 Å². The average molecular weight is 561 g/mol. The summed E-state index contributed by atoms with van der Waals surface area (Å²) < 4.78 is 33.6. The van der Waals surface area contributed by atoms with E-state index < -0.39 is 23.0 Å². The van der Waals surface area contributed by atoms with Gasteiger partial charge in [-0.2, -0.15) is 0 Å². The van der Waals surface area contributed by atoms with Crippen LogP contribution in [0.25, 0.3) is 0 Å². The number of carbonyl (C=O) groups excluding carboxylic acids is 2. The van der Waals surface area contributed by atoms with Crippen LogP contribution in [0.4, 0.5) is 8.78 Å². The fraction of sp³-hybridized carbons (Fsp3) is 0.548. The molecule has 0 radical (unpaired) electrons. The quantitative estimate of drug-likeness (QED) is 0.403. The van der Waals surface area contributed by atoms with Gasteiger partial charge in [-0.25, -0.2) is 8.78 Å². The summed E-state index contributed by atoms with van der Waals surface area (Å²) in [5.41, 5.74) is 1.23. The Labute approximate surface area is 235 Å². The maximum absolute atomic E-state index is 14.9. The number of likely N-dealkylation sites (tertiary alicyclic amines) is 2. The fourth-order valence-electron chi connectivity index (χ4n) is 6.16. The van der Waals surface area contributed by atoms with E-state index in [9.17, 15) is 18.4 Å². The van der Waals surface area contributed by atoms with E-state index in [-0.39, 0.29) is 29.3 Å². The number of hydrogen-bond donors (Lipinski definition) is 0. The molecule has 2 aromatic rings. The number of methoxy groups -OCH3 is 1. The second-order valence-corrected chi connectivity index (χ2v) is 12.8. The number of piperidine rings is 1. The lowest BCUT2D eigenvalue weighted by atomic mass is 9.76. The molecule has 39 heavy (non-hydrogen) atoms. The van der Waals surface area contributed by atoms with Gasteiger partial charge in [0.15, 0.2) is 0 Å². The highest BCUT2D eigenvalue weighted by Crippen LogP contribution is 2.41. The molecule has 2 unspecified atom stereocenters. The van der Waals surface area contributed by atoms with E-state index in [1.807, 2.05) is 36.9 Å². The molecule has 2 heterocycles. The number of nitrogens with zero attached hydrogens (tertiary/aromatic N) is 2. The molecule has 2 saturated heterocycles. The molecule has 2 aromatic carbocycles. The van der Waals surface area contributed by atoms with Gasteiger partial charge in [0.25, 0.3) is 0 Å². The van der Waals surface area contributed by atoms with Gasteiger partial charge in [-0.05, 0) is 88.3 Å². The van der Waals surface area contributed by atoms with Crippen LogP contribution in [0.1, 0.15) is 76.0 Å². The van der Waals surface area contributed by atoms with Gasteiger partial charge in [0.05, 0.1) is 18.4 Å². The first-order valence-corrected chi connectivity index (χ1v) is 14.0. The van der Waals surface area contributed by atoms with Crippen molar-refractivity contribution in [3.63, 3.8) is 0 Å². The van der Waals surface area contributed by atoms with Crippen molar-refractivity contribution in [2.45, 2.75) is 70.3 Å². The van der Waals surface area contributed by atoms with Crippen molar-refractivity contribution < 1.29 is 23.1 Å². The van der Waals surface area contributed by atoms with Crippen LogP contribution in [0.3, 0.4) is 0 Å². The number of carbonyl (C=O) groups is 2. The number of benzene rings is 2. The number of amides is 1. The maximum Gasteiger partial charge on any atom is 0.315 e. The van der Waals surface area contributed by atoms with Crippen molar-refractivity contribution >= 4 is 23.5 Å². The van der Waals surface area contributed by atoms with Gasteiger partial charge in [0.2, 0.25) is 5.91 Å². The summed E-state index contributed by atoms with van der Waals surface area (Å²) in [4.78, 5) is 30.6.